The number of piperidine rings is 1. The van der Waals surface area contributed by atoms with Crippen LogP contribution in [0.5, 0.6) is 0 Å². The van der Waals surface area contributed by atoms with Gasteiger partial charge in [-0.05, 0) is 119 Å². The molecule has 8 N–H and O–H groups in total. The SMILES string of the molecule is CN(C)CC[C@@H](NC(=O)[C@H](CCC(N)=O)NC(=O)[C@@H]1CC[C@@H]2CCN(C(=O)CCCCCC#Cc3cccc4c3CN(C3CCC(=O)NC3=O)C4=O)C[C@H](NC(=O)c3cc4cc(C(F)(F)P(=O)(O)O)ccc4s3)C(=O)N21)c1ccccc1. The van der Waals surface area contributed by atoms with E-state index in [9.17, 15) is 61.5 Å². The van der Waals surface area contributed by atoms with Crippen LogP contribution in [0.15, 0.2) is 72.8 Å². The van der Waals surface area contributed by atoms with Gasteiger partial charge in [0.1, 0.15) is 24.2 Å². The molecule has 6 atom stereocenters. The van der Waals surface area contributed by atoms with Crippen molar-refractivity contribution in [3.63, 3.8) is 0 Å². The molecule has 0 spiro atoms. The topological polar surface area (TPSA) is 298 Å². The molecule has 3 saturated heterocycles. The fourth-order valence-corrected chi connectivity index (χ4v) is 12.3. The summed E-state index contributed by atoms with van der Waals surface area (Å²) in [6, 6.07) is 13.0. The van der Waals surface area contributed by atoms with E-state index in [-0.39, 0.29) is 92.6 Å². The van der Waals surface area contributed by atoms with Crippen molar-refractivity contribution in [2.75, 3.05) is 33.7 Å². The van der Waals surface area contributed by atoms with Gasteiger partial charge in [-0.25, -0.2) is 0 Å². The van der Waals surface area contributed by atoms with E-state index in [0.29, 0.717) is 66.5 Å². The zero-order chi connectivity index (χ0) is 59.0. The first-order chi connectivity index (χ1) is 39.0. The van der Waals surface area contributed by atoms with E-state index in [1.807, 2.05) is 49.3 Å². The van der Waals surface area contributed by atoms with Crippen LogP contribution in [0.2, 0.25) is 0 Å². The van der Waals surface area contributed by atoms with E-state index in [1.54, 1.807) is 18.2 Å². The van der Waals surface area contributed by atoms with Crippen LogP contribution in [-0.4, -0.2) is 146 Å². The normalized spacial score (nSPS) is 20.0. The maximum Gasteiger partial charge on any atom is 0.399 e. The molecule has 1 aromatic heterocycles. The number of primary amides is 1. The van der Waals surface area contributed by atoms with Gasteiger partial charge in [0.15, 0.2) is 0 Å². The molecule has 3 aromatic carbocycles. The summed E-state index contributed by atoms with van der Waals surface area (Å²) in [6.07, 6.45) is 3.48. The summed E-state index contributed by atoms with van der Waals surface area (Å²) in [5.41, 5.74) is 2.66. The van der Waals surface area contributed by atoms with Crippen LogP contribution in [0.1, 0.15) is 132 Å². The molecule has 0 aliphatic carbocycles. The number of thiophene rings is 1. The van der Waals surface area contributed by atoms with Crippen molar-refractivity contribution in [3.8, 4) is 11.8 Å². The largest absolute Gasteiger partial charge is 0.399 e. The fraction of sp³-hybridized carbons (Fsp3) is 0.456. The van der Waals surface area contributed by atoms with Crippen LogP contribution >= 0.6 is 18.9 Å². The second-order valence-corrected chi connectivity index (χ2v) is 24.1. The number of carbonyl (C=O) groups excluding carboxylic acids is 9. The summed E-state index contributed by atoms with van der Waals surface area (Å²) < 4.78 is 41.5. The van der Waals surface area contributed by atoms with Gasteiger partial charge < -0.3 is 51.1 Å². The molecule has 9 amide bonds. The Kier molecular flexibility index (Phi) is 19.4. The van der Waals surface area contributed by atoms with Crippen molar-refractivity contribution >= 4 is 82.2 Å². The Hall–Kier alpha value is -7.42. The zero-order valence-electron chi connectivity index (χ0n) is 45.4. The number of amides is 9. The van der Waals surface area contributed by atoms with E-state index < -0.39 is 90.5 Å². The Morgan fingerprint density at radius 2 is 1.68 bits per heavy atom. The lowest BCUT2D eigenvalue weighted by Crippen LogP contribution is -2.62. The van der Waals surface area contributed by atoms with Gasteiger partial charge in [-0.2, -0.15) is 8.78 Å². The number of imide groups is 1. The molecular weight excluding hydrogens is 1100 g/mol. The fourth-order valence-electron chi connectivity index (χ4n) is 10.9. The molecule has 82 heavy (non-hydrogen) atoms. The number of carbonyl (C=O) groups is 9. The van der Waals surface area contributed by atoms with Gasteiger partial charge in [0.05, 0.1) is 10.9 Å². The molecule has 0 bridgehead atoms. The van der Waals surface area contributed by atoms with Gasteiger partial charge in [0, 0.05) is 72.7 Å². The number of nitrogens with one attached hydrogen (secondary N) is 4. The highest BCUT2D eigenvalue weighted by atomic mass is 32.1. The molecule has 4 aliphatic rings. The summed E-state index contributed by atoms with van der Waals surface area (Å²) in [7, 11) is -2.13. The number of rotatable bonds is 21. The third kappa shape index (κ3) is 14.2. The van der Waals surface area contributed by atoms with E-state index >= 15 is 4.79 Å². The second kappa shape index (κ2) is 26.2. The van der Waals surface area contributed by atoms with E-state index in [4.69, 9.17) is 5.73 Å². The highest BCUT2D eigenvalue weighted by molar-refractivity contribution is 7.52. The molecule has 0 saturated carbocycles. The smallest absolute Gasteiger partial charge is 0.370 e. The molecule has 25 heteroatoms. The van der Waals surface area contributed by atoms with Gasteiger partial charge in [-0.15, -0.1) is 11.3 Å². The maximum absolute atomic E-state index is 15.0. The van der Waals surface area contributed by atoms with Crippen LogP contribution in [0, 0.1) is 11.8 Å². The number of hydrogen-bond donors (Lipinski definition) is 7. The number of unbranched alkanes of at least 4 members (excludes halogenated alkanes) is 3. The summed E-state index contributed by atoms with van der Waals surface area (Å²) in [4.78, 5) is 146. The average molecular weight is 1170 g/mol. The van der Waals surface area contributed by atoms with Crippen molar-refractivity contribution in [3.05, 3.63) is 105 Å². The number of nitrogens with zero attached hydrogens (tertiary/aromatic N) is 4. The minimum Gasteiger partial charge on any atom is -0.370 e. The van der Waals surface area contributed by atoms with Crippen molar-refractivity contribution in [2.45, 2.75) is 132 Å². The standard InChI is InChI=1S/C57H66F2N9O12PS/c1-65(2)28-27-41(35-13-8-6-9-14-35)61-51(72)42(20-24-48(60)69)62-53(74)45-21-19-38-26-29-66(33-43(56(77)68(38)45)63-54(75)47-31-36-30-37(18-23-46(36)82-47)57(58,59)81(78,79)80)50(71)17-10-5-3-4-7-12-34-15-11-16-39-40(34)32-67(55(39)76)44-22-25-49(70)64-52(44)73/h6,8-9,11,13-16,18,23,30-31,38,41-45H,3-5,10,17,19-22,24-29,32-33H2,1-2H3,(H2,60,69)(H,61,72)(H,62,74)(H,63,75)(H,64,70,73)(H2,78,79,80)/t38-,41-,42+,43+,44?,45+/m1/s1. The summed E-state index contributed by atoms with van der Waals surface area (Å²) >= 11 is 0.873. The number of fused-ring (bicyclic) bond motifs is 3. The molecule has 4 aromatic rings. The Balaban J connectivity index is 0.956. The van der Waals surface area contributed by atoms with E-state index in [0.717, 1.165) is 29.0 Å². The quantitative estimate of drug-likeness (QED) is 0.0268. The van der Waals surface area contributed by atoms with Crippen LogP contribution in [0.3, 0.4) is 0 Å². The second-order valence-electron chi connectivity index (χ2n) is 21.3. The lowest BCUT2D eigenvalue weighted by molar-refractivity contribution is -0.145. The molecule has 8 rings (SSSR count). The highest BCUT2D eigenvalue weighted by Gasteiger charge is 2.51. The molecule has 0 radical (unpaired) electrons. The zero-order valence-corrected chi connectivity index (χ0v) is 47.1. The molecule has 1 unspecified atom stereocenters. The Morgan fingerprint density at radius 1 is 0.915 bits per heavy atom. The van der Waals surface area contributed by atoms with Crippen LogP contribution in [0.25, 0.3) is 10.1 Å². The van der Waals surface area contributed by atoms with Crippen molar-refractivity contribution in [1.29, 1.82) is 0 Å². The van der Waals surface area contributed by atoms with Crippen molar-refractivity contribution in [1.82, 2.24) is 40.9 Å². The van der Waals surface area contributed by atoms with Crippen LogP contribution in [0.4, 0.5) is 8.78 Å². The number of alkyl halides is 2. The predicted molar refractivity (Wildman–Crippen MR) is 297 cm³/mol. The van der Waals surface area contributed by atoms with Gasteiger partial charge in [-0.1, -0.05) is 60.7 Å². The minimum absolute atomic E-state index is 0.0447. The molecule has 3 fully saturated rings. The van der Waals surface area contributed by atoms with Crippen LogP contribution < -0.4 is 27.0 Å². The van der Waals surface area contributed by atoms with Gasteiger partial charge >= 0.3 is 13.3 Å². The third-order valence-electron chi connectivity index (χ3n) is 15.3. The van der Waals surface area contributed by atoms with E-state index in [2.05, 4.69) is 33.1 Å². The van der Waals surface area contributed by atoms with Gasteiger partial charge in [-0.3, -0.25) is 53.0 Å². The van der Waals surface area contributed by atoms with Crippen molar-refractivity contribution < 1.29 is 66.3 Å². The average Bonchev–Trinajstić information content (AvgIpc) is 4.37. The molecule has 21 nitrogen and oxygen atoms in total. The van der Waals surface area contributed by atoms with Gasteiger partial charge in [0.2, 0.25) is 41.4 Å². The Bertz CT molecular complexity index is 3250. The van der Waals surface area contributed by atoms with Crippen LogP contribution in [-0.2, 0) is 50.3 Å². The predicted octanol–water partition coefficient (Wildman–Crippen LogP) is 4.14. The lowest BCUT2D eigenvalue weighted by Gasteiger charge is -2.39. The van der Waals surface area contributed by atoms with E-state index in [1.165, 1.54) is 26.8 Å². The summed E-state index contributed by atoms with van der Waals surface area (Å²) in [5, 5.41) is 10.9. The first kappa shape index (κ1) is 60.7. The third-order valence-corrected chi connectivity index (χ3v) is 17.4. The molecular formula is C57H66F2N9O12PS. The maximum atomic E-state index is 15.0. The Labute approximate surface area is 476 Å². The monoisotopic (exact) mass is 1170 g/mol. The Morgan fingerprint density at radius 3 is 2.40 bits per heavy atom. The number of hydrogen-bond acceptors (Lipinski definition) is 12. The lowest BCUT2D eigenvalue weighted by atomic mass is 10.0. The summed E-state index contributed by atoms with van der Waals surface area (Å²) in [5.74, 6) is 1.36. The molecule has 5 heterocycles. The van der Waals surface area contributed by atoms with Crippen molar-refractivity contribution in [2.24, 2.45) is 5.73 Å². The first-order valence-electron chi connectivity index (χ1n) is 27.2. The first-order valence-corrected chi connectivity index (χ1v) is 29.7. The summed E-state index contributed by atoms with van der Waals surface area (Å²) in [6.45, 7) is 0.627. The number of benzene rings is 3. The molecule has 4 aliphatic heterocycles. The minimum atomic E-state index is -5.92. The number of nitrogens with two attached hydrogens (primary N) is 1. The highest BCUT2D eigenvalue weighted by Crippen LogP contribution is 2.59. The molecule has 436 valence electrons. The number of halogens is 2. The van der Waals surface area contributed by atoms with Gasteiger partial charge in [0.25, 0.3) is 11.8 Å².